The number of alkyl carbamates (subject to hydrolysis) is 1. The number of ether oxygens (including phenoxy) is 1. The third-order valence-electron chi connectivity index (χ3n) is 3.19. The fourth-order valence-electron chi connectivity index (χ4n) is 2.35. The number of carbonyl (C=O) groups is 1. The van der Waals surface area contributed by atoms with E-state index in [4.69, 9.17) is 10.5 Å². The number of rotatable bonds is 2. The monoisotopic (exact) mass is 277 g/mol. The highest BCUT2D eigenvalue weighted by molar-refractivity contribution is 5.70. The Morgan fingerprint density at radius 2 is 2.10 bits per heavy atom. The Hall–Kier alpha value is -1.91. The summed E-state index contributed by atoms with van der Waals surface area (Å²) in [4.78, 5) is 13.9. The minimum absolute atomic E-state index is 0.101. The van der Waals surface area contributed by atoms with Crippen LogP contribution in [0.25, 0.3) is 0 Å². The van der Waals surface area contributed by atoms with Crippen molar-refractivity contribution in [2.45, 2.75) is 38.8 Å². The van der Waals surface area contributed by atoms with Gasteiger partial charge in [0.15, 0.2) is 0 Å². The van der Waals surface area contributed by atoms with E-state index in [1.165, 1.54) is 0 Å². The smallest absolute Gasteiger partial charge is 0.407 e. The number of nitrogens with zero attached hydrogens (tertiary/aromatic N) is 1. The molecule has 20 heavy (non-hydrogen) atoms. The average molecular weight is 277 g/mol. The van der Waals surface area contributed by atoms with Crippen LogP contribution in [0.5, 0.6) is 0 Å². The van der Waals surface area contributed by atoms with Crippen molar-refractivity contribution in [3.63, 3.8) is 0 Å². The van der Waals surface area contributed by atoms with Crippen LogP contribution in [-0.4, -0.2) is 30.8 Å². The minimum Gasteiger partial charge on any atom is -0.444 e. The number of benzene rings is 1. The van der Waals surface area contributed by atoms with E-state index in [0.717, 1.165) is 30.9 Å². The fraction of sp³-hybridized carbons (Fsp3) is 0.533. The van der Waals surface area contributed by atoms with Crippen molar-refractivity contribution in [1.29, 1.82) is 0 Å². The van der Waals surface area contributed by atoms with Crippen molar-refractivity contribution in [3.8, 4) is 0 Å². The molecule has 5 heteroatoms. The van der Waals surface area contributed by atoms with E-state index in [2.05, 4.69) is 10.2 Å². The fourth-order valence-corrected chi connectivity index (χ4v) is 2.35. The summed E-state index contributed by atoms with van der Waals surface area (Å²) in [6.45, 7) is 7.22. The van der Waals surface area contributed by atoms with Crippen LogP contribution in [0.2, 0.25) is 0 Å². The number of hydrogen-bond acceptors (Lipinski definition) is 4. The quantitative estimate of drug-likeness (QED) is 0.814. The Morgan fingerprint density at radius 3 is 2.75 bits per heavy atom. The number of para-hydroxylation sites is 2. The summed E-state index contributed by atoms with van der Waals surface area (Å²) in [5, 5.41) is 2.91. The molecule has 1 atom stereocenters. The van der Waals surface area contributed by atoms with Crippen molar-refractivity contribution in [2.24, 2.45) is 0 Å². The Balaban J connectivity index is 1.90. The molecule has 0 aliphatic carbocycles. The van der Waals surface area contributed by atoms with E-state index in [1.807, 2.05) is 45.0 Å². The molecule has 110 valence electrons. The molecule has 1 aromatic carbocycles. The van der Waals surface area contributed by atoms with Crippen molar-refractivity contribution >= 4 is 17.5 Å². The molecule has 0 aromatic heterocycles. The van der Waals surface area contributed by atoms with Crippen LogP contribution in [0.3, 0.4) is 0 Å². The van der Waals surface area contributed by atoms with Gasteiger partial charge in [-0.25, -0.2) is 4.79 Å². The first kappa shape index (κ1) is 14.5. The van der Waals surface area contributed by atoms with Gasteiger partial charge >= 0.3 is 6.09 Å². The molecule has 1 aromatic rings. The number of nitrogen functional groups attached to an aromatic ring is 1. The molecule has 0 spiro atoms. The highest BCUT2D eigenvalue weighted by Gasteiger charge is 2.26. The van der Waals surface area contributed by atoms with Gasteiger partial charge in [-0.05, 0) is 39.3 Å². The number of amides is 1. The van der Waals surface area contributed by atoms with Gasteiger partial charge in [0, 0.05) is 13.1 Å². The lowest BCUT2D eigenvalue weighted by atomic mass is 10.2. The maximum atomic E-state index is 11.7. The van der Waals surface area contributed by atoms with E-state index in [0.29, 0.717) is 0 Å². The molecule has 1 aliphatic rings. The molecule has 0 radical (unpaired) electrons. The second-order valence-corrected chi connectivity index (χ2v) is 6.14. The lowest BCUT2D eigenvalue weighted by Crippen LogP contribution is -2.40. The van der Waals surface area contributed by atoms with Crippen molar-refractivity contribution < 1.29 is 9.53 Å². The SMILES string of the molecule is CC(C)(C)OC(=O)N[C@H]1CCN(c2ccccc2N)C1. The van der Waals surface area contributed by atoms with Gasteiger partial charge in [0.1, 0.15) is 5.60 Å². The summed E-state index contributed by atoms with van der Waals surface area (Å²) in [6.07, 6.45) is 0.540. The Labute approximate surface area is 120 Å². The molecule has 0 unspecified atom stereocenters. The zero-order valence-electron chi connectivity index (χ0n) is 12.3. The summed E-state index contributed by atoms with van der Waals surface area (Å²) in [5.74, 6) is 0. The van der Waals surface area contributed by atoms with E-state index in [1.54, 1.807) is 0 Å². The molecule has 2 rings (SSSR count). The number of carbonyl (C=O) groups excluding carboxylic acids is 1. The van der Waals surface area contributed by atoms with Gasteiger partial charge in [0.2, 0.25) is 0 Å². The molecule has 5 nitrogen and oxygen atoms in total. The van der Waals surface area contributed by atoms with Crippen LogP contribution >= 0.6 is 0 Å². The van der Waals surface area contributed by atoms with E-state index in [-0.39, 0.29) is 12.1 Å². The van der Waals surface area contributed by atoms with Crippen LogP contribution < -0.4 is 16.0 Å². The average Bonchev–Trinajstić information content (AvgIpc) is 2.75. The van der Waals surface area contributed by atoms with Gasteiger partial charge in [0.05, 0.1) is 17.4 Å². The largest absolute Gasteiger partial charge is 0.444 e. The first-order valence-electron chi connectivity index (χ1n) is 6.94. The van der Waals surface area contributed by atoms with Gasteiger partial charge in [-0.3, -0.25) is 0 Å². The summed E-state index contributed by atoms with van der Waals surface area (Å²) in [6, 6.07) is 7.89. The predicted molar refractivity (Wildman–Crippen MR) is 80.8 cm³/mol. The van der Waals surface area contributed by atoms with E-state index < -0.39 is 5.60 Å². The standard InChI is InChI=1S/C15H23N3O2/c1-15(2,3)20-14(19)17-11-8-9-18(10-11)13-7-5-4-6-12(13)16/h4-7,11H,8-10,16H2,1-3H3,(H,17,19)/t11-/m0/s1. The van der Waals surface area contributed by atoms with Crippen LogP contribution in [0.15, 0.2) is 24.3 Å². The first-order valence-corrected chi connectivity index (χ1v) is 6.94. The van der Waals surface area contributed by atoms with E-state index in [9.17, 15) is 4.79 Å². The Bertz CT molecular complexity index is 482. The Morgan fingerprint density at radius 1 is 1.40 bits per heavy atom. The summed E-state index contributed by atoms with van der Waals surface area (Å²) in [5.41, 5.74) is 7.31. The topological polar surface area (TPSA) is 67.6 Å². The summed E-state index contributed by atoms with van der Waals surface area (Å²) < 4.78 is 5.27. The number of nitrogens with two attached hydrogens (primary N) is 1. The highest BCUT2D eigenvalue weighted by atomic mass is 16.6. The zero-order chi connectivity index (χ0) is 14.8. The second-order valence-electron chi connectivity index (χ2n) is 6.14. The minimum atomic E-state index is -0.466. The number of nitrogens with one attached hydrogen (secondary N) is 1. The number of hydrogen-bond donors (Lipinski definition) is 2. The van der Waals surface area contributed by atoms with Gasteiger partial charge < -0.3 is 20.7 Å². The lowest BCUT2D eigenvalue weighted by molar-refractivity contribution is 0.0509. The van der Waals surface area contributed by atoms with Gasteiger partial charge in [-0.15, -0.1) is 0 Å². The van der Waals surface area contributed by atoms with Crippen LogP contribution in [0.4, 0.5) is 16.2 Å². The lowest BCUT2D eigenvalue weighted by Gasteiger charge is -2.23. The molecule has 0 bridgehead atoms. The molecular formula is C15H23N3O2. The molecular weight excluding hydrogens is 254 g/mol. The molecule has 1 aliphatic heterocycles. The molecule has 3 N–H and O–H groups in total. The zero-order valence-corrected chi connectivity index (χ0v) is 12.3. The van der Waals surface area contributed by atoms with Crippen LogP contribution in [-0.2, 0) is 4.74 Å². The maximum absolute atomic E-state index is 11.7. The third kappa shape index (κ3) is 3.79. The van der Waals surface area contributed by atoms with Gasteiger partial charge in [-0.1, -0.05) is 12.1 Å². The van der Waals surface area contributed by atoms with Gasteiger partial charge in [0.25, 0.3) is 0 Å². The summed E-state index contributed by atoms with van der Waals surface area (Å²) >= 11 is 0. The van der Waals surface area contributed by atoms with Crippen LogP contribution in [0.1, 0.15) is 27.2 Å². The highest BCUT2D eigenvalue weighted by Crippen LogP contribution is 2.26. The number of anilines is 2. The third-order valence-corrected chi connectivity index (χ3v) is 3.19. The normalized spacial score (nSPS) is 18.9. The maximum Gasteiger partial charge on any atom is 0.407 e. The van der Waals surface area contributed by atoms with Gasteiger partial charge in [-0.2, -0.15) is 0 Å². The van der Waals surface area contributed by atoms with Crippen molar-refractivity contribution in [2.75, 3.05) is 23.7 Å². The molecule has 1 saturated heterocycles. The Kier molecular flexibility index (Phi) is 4.06. The first-order chi connectivity index (χ1) is 9.35. The second kappa shape index (κ2) is 5.61. The molecule has 0 saturated carbocycles. The van der Waals surface area contributed by atoms with Crippen molar-refractivity contribution in [3.05, 3.63) is 24.3 Å². The predicted octanol–water partition coefficient (Wildman–Crippen LogP) is 2.37. The van der Waals surface area contributed by atoms with Crippen LogP contribution in [0, 0.1) is 0 Å². The van der Waals surface area contributed by atoms with E-state index >= 15 is 0 Å². The summed E-state index contributed by atoms with van der Waals surface area (Å²) in [7, 11) is 0. The van der Waals surface area contributed by atoms with Crippen molar-refractivity contribution in [1.82, 2.24) is 5.32 Å². The molecule has 1 heterocycles. The molecule has 1 amide bonds. The molecule has 1 fully saturated rings.